The van der Waals surface area contributed by atoms with E-state index in [-0.39, 0.29) is 11.8 Å². The summed E-state index contributed by atoms with van der Waals surface area (Å²) < 4.78 is 0. The molecule has 1 saturated heterocycles. The third-order valence-electron chi connectivity index (χ3n) is 3.62. The first-order chi connectivity index (χ1) is 10.3. The number of para-hydroxylation sites is 1. The number of benzene rings is 2. The van der Waals surface area contributed by atoms with Crippen molar-refractivity contribution in [3.63, 3.8) is 0 Å². The quantitative estimate of drug-likeness (QED) is 0.918. The number of amides is 2. The lowest BCUT2D eigenvalue weighted by Gasteiger charge is -2.24. The number of urea groups is 1. The van der Waals surface area contributed by atoms with Gasteiger partial charge >= 0.3 is 6.03 Å². The number of hydrogen-bond acceptors (Lipinski definition) is 2. The zero-order valence-electron chi connectivity index (χ0n) is 11.5. The summed E-state index contributed by atoms with van der Waals surface area (Å²) in [4.78, 5) is 26.1. The van der Waals surface area contributed by atoms with Gasteiger partial charge in [-0.1, -0.05) is 48.5 Å². The fraction of sp³-hybridized carbons (Fsp3) is 0.176. The molecule has 2 aromatic rings. The van der Waals surface area contributed by atoms with Gasteiger partial charge in [-0.25, -0.2) is 4.79 Å². The van der Waals surface area contributed by atoms with Crippen LogP contribution in [0.4, 0.5) is 10.5 Å². The van der Waals surface area contributed by atoms with E-state index in [0.29, 0.717) is 13.0 Å². The van der Waals surface area contributed by atoms with Crippen LogP contribution in [0.5, 0.6) is 0 Å². The van der Waals surface area contributed by atoms with Crippen LogP contribution in [-0.2, 0) is 4.79 Å². The summed E-state index contributed by atoms with van der Waals surface area (Å²) in [5, 5.41) is 2.84. The van der Waals surface area contributed by atoms with Gasteiger partial charge in [0.15, 0.2) is 5.78 Å². The molecule has 2 aromatic carbocycles. The Morgan fingerprint density at radius 1 is 1.00 bits per heavy atom. The van der Waals surface area contributed by atoms with E-state index in [4.69, 9.17) is 0 Å². The molecule has 1 fully saturated rings. The van der Waals surface area contributed by atoms with Crippen molar-refractivity contribution in [2.45, 2.75) is 12.5 Å². The highest BCUT2D eigenvalue weighted by molar-refractivity contribution is 5.97. The monoisotopic (exact) mass is 280 g/mol. The summed E-state index contributed by atoms with van der Waals surface area (Å²) in [5.41, 5.74) is 1.59. The molecular weight excluding hydrogens is 264 g/mol. The molecule has 4 nitrogen and oxygen atoms in total. The van der Waals surface area contributed by atoms with Gasteiger partial charge < -0.3 is 10.2 Å². The van der Waals surface area contributed by atoms with Crippen LogP contribution in [-0.4, -0.2) is 23.3 Å². The van der Waals surface area contributed by atoms with Gasteiger partial charge in [0, 0.05) is 18.7 Å². The first kappa shape index (κ1) is 13.4. The minimum atomic E-state index is -0.477. The van der Waals surface area contributed by atoms with Gasteiger partial charge in [0.1, 0.15) is 6.04 Å². The molecule has 0 aliphatic carbocycles. The predicted octanol–water partition coefficient (Wildman–Crippen LogP) is 3.23. The lowest BCUT2D eigenvalue weighted by atomic mass is 10.0. The minimum absolute atomic E-state index is 0.0874. The second-order valence-corrected chi connectivity index (χ2v) is 5.02. The minimum Gasteiger partial charge on any atom is -0.310 e. The molecule has 1 atom stereocenters. The molecule has 3 rings (SSSR count). The molecule has 0 aromatic heterocycles. The third kappa shape index (κ3) is 2.79. The molecule has 4 heteroatoms. The predicted molar refractivity (Wildman–Crippen MR) is 81.0 cm³/mol. The van der Waals surface area contributed by atoms with Gasteiger partial charge in [0.2, 0.25) is 0 Å². The molecule has 1 unspecified atom stereocenters. The number of carbonyl (C=O) groups is 2. The maximum absolute atomic E-state index is 12.4. The highest BCUT2D eigenvalue weighted by Crippen LogP contribution is 2.29. The molecule has 1 aliphatic rings. The number of nitrogens with zero attached hydrogens (tertiary/aromatic N) is 1. The van der Waals surface area contributed by atoms with Gasteiger partial charge in [-0.2, -0.15) is 0 Å². The van der Waals surface area contributed by atoms with Crippen molar-refractivity contribution in [2.75, 3.05) is 11.9 Å². The van der Waals surface area contributed by atoms with Crippen molar-refractivity contribution in [1.82, 2.24) is 4.90 Å². The SMILES string of the molecule is O=C1CCN(C(=O)Nc2ccccc2)C1c1ccccc1. The zero-order chi connectivity index (χ0) is 14.7. The van der Waals surface area contributed by atoms with Crippen LogP contribution in [0.25, 0.3) is 0 Å². The summed E-state index contributed by atoms with van der Waals surface area (Å²) >= 11 is 0. The van der Waals surface area contributed by atoms with Gasteiger partial charge in [-0.05, 0) is 17.7 Å². The Hall–Kier alpha value is -2.62. The Bertz CT molecular complexity index is 640. The van der Waals surface area contributed by atoms with Crippen molar-refractivity contribution in [2.24, 2.45) is 0 Å². The molecule has 1 aliphatic heterocycles. The maximum Gasteiger partial charge on any atom is 0.322 e. The summed E-state index contributed by atoms with van der Waals surface area (Å²) in [6.45, 7) is 0.455. The molecule has 0 saturated carbocycles. The van der Waals surface area contributed by atoms with E-state index >= 15 is 0 Å². The van der Waals surface area contributed by atoms with Crippen molar-refractivity contribution in [1.29, 1.82) is 0 Å². The van der Waals surface area contributed by atoms with Crippen molar-refractivity contribution in [3.05, 3.63) is 66.2 Å². The highest BCUT2D eigenvalue weighted by atomic mass is 16.2. The highest BCUT2D eigenvalue weighted by Gasteiger charge is 2.36. The van der Waals surface area contributed by atoms with Crippen molar-refractivity contribution >= 4 is 17.5 Å². The Kier molecular flexibility index (Phi) is 3.69. The zero-order valence-corrected chi connectivity index (χ0v) is 11.5. The lowest BCUT2D eigenvalue weighted by molar-refractivity contribution is -0.119. The van der Waals surface area contributed by atoms with Gasteiger partial charge in [-0.3, -0.25) is 4.79 Å². The summed E-state index contributed by atoms with van der Waals surface area (Å²) in [7, 11) is 0. The number of hydrogen-bond donors (Lipinski definition) is 1. The van der Waals surface area contributed by atoms with Crippen molar-refractivity contribution < 1.29 is 9.59 Å². The van der Waals surface area contributed by atoms with Crippen molar-refractivity contribution in [3.8, 4) is 0 Å². The molecule has 0 spiro atoms. The van der Waals surface area contributed by atoms with Gasteiger partial charge in [0.05, 0.1) is 0 Å². The summed E-state index contributed by atoms with van der Waals surface area (Å²) in [5.74, 6) is 0.0874. The average Bonchev–Trinajstić information content (AvgIpc) is 2.91. The Morgan fingerprint density at radius 2 is 1.62 bits per heavy atom. The standard InChI is InChI=1S/C17H16N2O2/c20-15-11-12-19(16(15)13-7-3-1-4-8-13)17(21)18-14-9-5-2-6-10-14/h1-10,16H,11-12H2,(H,18,21). The van der Waals surface area contributed by atoms with Crippen LogP contribution in [0.15, 0.2) is 60.7 Å². The molecule has 2 amide bonds. The fourth-order valence-electron chi connectivity index (χ4n) is 2.61. The van der Waals surface area contributed by atoms with Crippen LogP contribution in [0.2, 0.25) is 0 Å². The van der Waals surface area contributed by atoms with Gasteiger partial charge in [-0.15, -0.1) is 0 Å². The molecule has 1 heterocycles. The Morgan fingerprint density at radius 3 is 2.29 bits per heavy atom. The Labute approximate surface area is 123 Å². The number of ketones is 1. The number of rotatable bonds is 2. The summed E-state index contributed by atoms with van der Waals surface area (Å²) in [6.07, 6.45) is 0.405. The first-order valence-corrected chi connectivity index (χ1v) is 6.96. The number of nitrogens with one attached hydrogen (secondary N) is 1. The molecule has 106 valence electrons. The number of Topliss-reactive ketones (excluding diaryl/α,β-unsaturated/α-hetero) is 1. The largest absolute Gasteiger partial charge is 0.322 e. The van der Waals surface area contributed by atoms with Gasteiger partial charge in [0.25, 0.3) is 0 Å². The molecule has 21 heavy (non-hydrogen) atoms. The van der Waals surface area contributed by atoms with E-state index in [2.05, 4.69) is 5.32 Å². The van der Waals surface area contributed by atoms with E-state index in [0.717, 1.165) is 11.3 Å². The number of likely N-dealkylation sites (tertiary alicyclic amines) is 1. The first-order valence-electron chi connectivity index (χ1n) is 6.96. The van der Waals surface area contributed by atoms with Crippen LogP contribution in [0.3, 0.4) is 0 Å². The van der Waals surface area contributed by atoms with Crippen LogP contribution in [0.1, 0.15) is 18.0 Å². The third-order valence-corrected chi connectivity index (χ3v) is 3.62. The number of carbonyl (C=O) groups excluding carboxylic acids is 2. The number of anilines is 1. The molecule has 1 N–H and O–H groups in total. The van der Waals surface area contributed by atoms with Crippen LogP contribution >= 0.6 is 0 Å². The second-order valence-electron chi connectivity index (χ2n) is 5.02. The van der Waals surface area contributed by atoms with E-state index in [1.165, 1.54) is 0 Å². The van der Waals surface area contributed by atoms with Crippen LogP contribution in [0, 0.1) is 0 Å². The topological polar surface area (TPSA) is 49.4 Å². The van der Waals surface area contributed by atoms with E-state index < -0.39 is 6.04 Å². The van der Waals surface area contributed by atoms with E-state index in [1.54, 1.807) is 4.90 Å². The lowest BCUT2D eigenvalue weighted by Crippen LogP contribution is -2.35. The molecular formula is C17H16N2O2. The van der Waals surface area contributed by atoms with E-state index in [1.807, 2.05) is 60.7 Å². The Balaban J connectivity index is 1.80. The average molecular weight is 280 g/mol. The normalized spacial score (nSPS) is 17.8. The van der Waals surface area contributed by atoms with Crippen LogP contribution < -0.4 is 5.32 Å². The van der Waals surface area contributed by atoms with E-state index in [9.17, 15) is 9.59 Å². The second kappa shape index (κ2) is 5.79. The maximum atomic E-state index is 12.4. The molecule has 0 bridgehead atoms. The smallest absolute Gasteiger partial charge is 0.310 e. The summed E-state index contributed by atoms with van der Waals surface area (Å²) in [6, 6.07) is 18.0. The molecule has 0 radical (unpaired) electrons. The fourth-order valence-corrected chi connectivity index (χ4v) is 2.61.